The van der Waals surface area contributed by atoms with Crippen molar-refractivity contribution in [1.29, 1.82) is 0 Å². The summed E-state index contributed by atoms with van der Waals surface area (Å²) in [5.74, 6) is 0.800. The number of nitrogens with one attached hydrogen (secondary N) is 1. The van der Waals surface area contributed by atoms with Gasteiger partial charge in [-0.3, -0.25) is 9.59 Å². The molecule has 1 N–H and O–H groups in total. The van der Waals surface area contributed by atoms with Crippen LogP contribution in [0.4, 0.5) is 0 Å². The van der Waals surface area contributed by atoms with Gasteiger partial charge in [-0.05, 0) is 18.2 Å². The fourth-order valence-corrected chi connectivity index (χ4v) is 3.86. The third-order valence-corrected chi connectivity index (χ3v) is 5.25. The van der Waals surface area contributed by atoms with Crippen molar-refractivity contribution >= 4 is 16.8 Å². The summed E-state index contributed by atoms with van der Waals surface area (Å²) in [5.41, 5.74) is 1.73. The molecule has 1 unspecified atom stereocenters. The highest BCUT2D eigenvalue weighted by atomic mass is 16.5. The number of rotatable bonds is 4. The van der Waals surface area contributed by atoms with Crippen LogP contribution in [0.3, 0.4) is 0 Å². The van der Waals surface area contributed by atoms with Crippen molar-refractivity contribution in [2.45, 2.75) is 12.6 Å². The van der Waals surface area contributed by atoms with E-state index in [1.807, 2.05) is 51.9 Å². The molecule has 2 heterocycles. The first kappa shape index (κ1) is 18.3. The summed E-state index contributed by atoms with van der Waals surface area (Å²) >= 11 is 0. The molecule has 2 aromatic carbocycles. The molecule has 6 heteroatoms. The Morgan fingerprint density at radius 2 is 1.93 bits per heavy atom. The van der Waals surface area contributed by atoms with E-state index in [-0.39, 0.29) is 23.9 Å². The molecule has 1 saturated heterocycles. The molecule has 4 rings (SSSR count). The average molecular weight is 377 g/mol. The third kappa shape index (κ3) is 3.39. The van der Waals surface area contributed by atoms with E-state index in [0.717, 1.165) is 23.4 Å². The minimum atomic E-state index is -0.0944. The van der Waals surface area contributed by atoms with Gasteiger partial charge in [0.05, 0.1) is 18.7 Å². The fourth-order valence-electron chi connectivity index (χ4n) is 3.86. The molecule has 6 nitrogen and oxygen atoms in total. The standard InChI is InChI=1S/C22H23N3O3/c1-28-21-9-5-3-7-17(21)19-14-23-11-13-25(19)22(27)15-24-12-10-20(26)16-6-2-4-8-18(16)24/h2-10,12,19,23H,11,13-15H2,1H3. The smallest absolute Gasteiger partial charge is 0.243 e. The van der Waals surface area contributed by atoms with Gasteiger partial charge in [0.25, 0.3) is 0 Å². The molecule has 0 radical (unpaired) electrons. The number of ether oxygens (including phenoxy) is 1. The maximum absolute atomic E-state index is 13.2. The van der Waals surface area contributed by atoms with Gasteiger partial charge in [0.2, 0.25) is 5.91 Å². The number of fused-ring (bicyclic) bond motifs is 1. The summed E-state index contributed by atoms with van der Waals surface area (Å²) in [5, 5.41) is 4.00. The Morgan fingerprint density at radius 1 is 1.14 bits per heavy atom. The number of methoxy groups -OCH3 is 1. The van der Waals surface area contributed by atoms with Crippen LogP contribution in [0.1, 0.15) is 11.6 Å². The van der Waals surface area contributed by atoms with Crippen LogP contribution in [-0.4, -0.2) is 42.1 Å². The molecular weight excluding hydrogens is 354 g/mol. The van der Waals surface area contributed by atoms with Gasteiger partial charge in [-0.2, -0.15) is 0 Å². The number of pyridine rings is 1. The minimum absolute atomic E-state index is 0.0196. The number of amides is 1. The molecule has 1 aliphatic rings. The van der Waals surface area contributed by atoms with E-state index in [1.165, 1.54) is 6.07 Å². The van der Waals surface area contributed by atoms with E-state index in [2.05, 4.69) is 5.32 Å². The van der Waals surface area contributed by atoms with Crippen LogP contribution in [0.15, 0.2) is 65.6 Å². The highest BCUT2D eigenvalue weighted by molar-refractivity contribution is 5.82. The third-order valence-electron chi connectivity index (χ3n) is 5.25. The van der Waals surface area contributed by atoms with Crippen LogP contribution in [0.5, 0.6) is 5.75 Å². The van der Waals surface area contributed by atoms with Gasteiger partial charge in [0.1, 0.15) is 12.3 Å². The Kier molecular flexibility index (Phi) is 5.12. The van der Waals surface area contributed by atoms with Crippen molar-refractivity contribution in [3.05, 3.63) is 76.6 Å². The molecular formula is C22H23N3O3. The van der Waals surface area contributed by atoms with Gasteiger partial charge in [-0.25, -0.2) is 0 Å². The SMILES string of the molecule is COc1ccccc1C1CNCCN1C(=O)Cn1ccc(=O)c2ccccc21. The number of hydrogen-bond donors (Lipinski definition) is 1. The monoisotopic (exact) mass is 377 g/mol. The Morgan fingerprint density at radius 3 is 2.79 bits per heavy atom. The van der Waals surface area contributed by atoms with E-state index in [4.69, 9.17) is 4.74 Å². The number of aromatic nitrogens is 1. The summed E-state index contributed by atoms with van der Waals surface area (Å²) in [6.45, 7) is 2.24. The number of carbonyl (C=O) groups is 1. The molecule has 1 fully saturated rings. The average Bonchev–Trinajstić information content (AvgIpc) is 2.76. The lowest BCUT2D eigenvalue weighted by atomic mass is 10.0. The summed E-state index contributed by atoms with van der Waals surface area (Å²) in [6.07, 6.45) is 1.70. The first-order valence-corrected chi connectivity index (χ1v) is 9.40. The molecule has 0 saturated carbocycles. The van der Waals surface area contributed by atoms with E-state index in [1.54, 1.807) is 19.4 Å². The van der Waals surface area contributed by atoms with E-state index >= 15 is 0 Å². The summed E-state index contributed by atoms with van der Waals surface area (Å²) in [7, 11) is 1.65. The van der Waals surface area contributed by atoms with Crippen LogP contribution in [-0.2, 0) is 11.3 Å². The summed E-state index contributed by atoms with van der Waals surface area (Å²) in [6, 6.07) is 16.6. The van der Waals surface area contributed by atoms with Crippen molar-refractivity contribution < 1.29 is 9.53 Å². The zero-order valence-corrected chi connectivity index (χ0v) is 15.8. The fraction of sp³-hybridized carbons (Fsp3) is 0.273. The van der Waals surface area contributed by atoms with Crippen LogP contribution < -0.4 is 15.5 Å². The highest BCUT2D eigenvalue weighted by Gasteiger charge is 2.29. The quantitative estimate of drug-likeness (QED) is 0.757. The molecule has 1 atom stereocenters. The van der Waals surface area contributed by atoms with Crippen molar-refractivity contribution in [1.82, 2.24) is 14.8 Å². The molecule has 144 valence electrons. The number of carbonyl (C=O) groups excluding carboxylic acids is 1. The number of para-hydroxylation sites is 2. The first-order valence-electron chi connectivity index (χ1n) is 9.40. The molecule has 28 heavy (non-hydrogen) atoms. The zero-order valence-electron chi connectivity index (χ0n) is 15.8. The molecule has 0 bridgehead atoms. The molecule has 1 aromatic heterocycles. The Bertz CT molecular complexity index is 1060. The lowest BCUT2D eigenvalue weighted by Gasteiger charge is -2.37. The number of piperazine rings is 1. The Labute approximate surface area is 163 Å². The van der Waals surface area contributed by atoms with E-state index < -0.39 is 0 Å². The lowest BCUT2D eigenvalue weighted by Crippen LogP contribution is -2.49. The van der Waals surface area contributed by atoms with Crippen molar-refractivity contribution in [2.24, 2.45) is 0 Å². The molecule has 1 amide bonds. The maximum Gasteiger partial charge on any atom is 0.243 e. The predicted octanol–water partition coefficient (Wildman–Crippen LogP) is 2.18. The molecule has 0 spiro atoms. The Hall–Kier alpha value is -3.12. The lowest BCUT2D eigenvalue weighted by molar-refractivity contribution is -0.135. The van der Waals surface area contributed by atoms with Gasteiger partial charge in [-0.1, -0.05) is 30.3 Å². The van der Waals surface area contributed by atoms with Crippen molar-refractivity contribution in [3.8, 4) is 5.75 Å². The second-order valence-electron chi connectivity index (χ2n) is 6.87. The van der Waals surface area contributed by atoms with Crippen LogP contribution in [0.2, 0.25) is 0 Å². The molecule has 1 aliphatic heterocycles. The number of benzene rings is 2. The summed E-state index contributed by atoms with van der Waals surface area (Å²) in [4.78, 5) is 27.2. The second kappa shape index (κ2) is 7.86. The largest absolute Gasteiger partial charge is 0.496 e. The topological polar surface area (TPSA) is 63.6 Å². The number of nitrogens with zero attached hydrogens (tertiary/aromatic N) is 2. The molecule has 3 aromatic rings. The molecule has 0 aliphatic carbocycles. The van der Waals surface area contributed by atoms with Crippen LogP contribution in [0.25, 0.3) is 10.9 Å². The van der Waals surface area contributed by atoms with Gasteiger partial charge in [0.15, 0.2) is 5.43 Å². The maximum atomic E-state index is 13.2. The summed E-state index contributed by atoms with van der Waals surface area (Å²) < 4.78 is 7.36. The minimum Gasteiger partial charge on any atom is -0.496 e. The predicted molar refractivity (Wildman–Crippen MR) is 109 cm³/mol. The second-order valence-corrected chi connectivity index (χ2v) is 6.87. The Balaban J connectivity index is 1.65. The normalized spacial score (nSPS) is 16.9. The van der Waals surface area contributed by atoms with Crippen LogP contribution in [0, 0.1) is 0 Å². The van der Waals surface area contributed by atoms with Gasteiger partial charge in [0, 0.05) is 42.8 Å². The first-order chi connectivity index (χ1) is 13.7. The van der Waals surface area contributed by atoms with Crippen molar-refractivity contribution in [3.63, 3.8) is 0 Å². The van der Waals surface area contributed by atoms with Gasteiger partial charge >= 0.3 is 0 Å². The van der Waals surface area contributed by atoms with Gasteiger partial charge in [-0.15, -0.1) is 0 Å². The zero-order chi connectivity index (χ0) is 19.5. The van der Waals surface area contributed by atoms with E-state index in [0.29, 0.717) is 18.5 Å². The van der Waals surface area contributed by atoms with Crippen molar-refractivity contribution in [2.75, 3.05) is 26.7 Å². The number of hydrogen-bond acceptors (Lipinski definition) is 4. The van der Waals surface area contributed by atoms with Crippen LogP contribution >= 0.6 is 0 Å². The van der Waals surface area contributed by atoms with Gasteiger partial charge < -0.3 is 19.5 Å². The van der Waals surface area contributed by atoms with E-state index in [9.17, 15) is 9.59 Å². The highest BCUT2D eigenvalue weighted by Crippen LogP contribution is 2.30.